The molecule has 1 unspecified atom stereocenters. The van der Waals surface area contributed by atoms with Crippen LogP contribution in [0, 0.1) is 0 Å². The number of hydrogen-bond donors (Lipinski definition) is 4. The van der Waals surface area contributed by atoms with Gasteiger partial charge >= 0.3 is 6.03 Å². The number of anilines is 1. The molecule has 0 aromatic heterocycles. The first-order chi connectivity index (χ1) is 9.38. The number of amides is 3. The Morgan fingerprint density at radius 2 is 1.75 bits per heavy atom. The fraction of sp³-hybridized carbons (Fsp3) is 0.429. The molecule has 20 heavy (non-hydrogen) atoms. The first kappa shape index (κ1) is 16.0. The smallest absolute Gasteiger partial charge is 0.319 e. The topological polar surface area (TPSA) is 90.5 Å². The van der Waals surface area contributed by atoms with Crippen LogP contribution < -0.4 is 16.0 Å². The van der Waals surface area contributed by atoms with E-state index in [0.717, 1.165) is 0 Å². The van der Waals surface area contributed by atoms with Crippen molar-refractivity contribution in [3.8, 4) is 0 Å². The van der Waals surface area contributed by atoms with Crippen LogP contribution in [-0.2, 0) is 0 Å². The normalized spacial score (nSPS) is 11.8. The Morgan fingerprint density at radius 1 is 1.15 bits per heavy atom. The maximum absolute atomic E-state index is 11.7. The standard InChI is InChI=1S/C14H21N3O3/c1-9(2)16-14(20)17-12-6-4-11(5-7-12)13(19)15-8-10(3)18/h4-7,9-10,18H,8H2,1-3H3,(H,15,19)(H2,16,17,20). The van der Waals surface area contributed by atoms with E-state index in [1.165, 1.54) is 0 Å². The molecule has 0 spiro atoms. The summed E-state index contributed by atoms with van der Waals surface area (Å²) < 4.78 is 0. The predicted molar refractivity (Wildman–Crippen MR) is 77.7 cm³/mol. The lowest BCUT2D eigenvalue weighted by Crippen LogP contribution is -2.34. The van der Waals surface area contributed by atoms with Gasteiger partial charge in [-0.1, -0.05) is 0 Å². The molecule has 0 bridgehead atoms. The number of nitrogens with one attached hydrogen (secondary N) is 3. The molecule has 110 valence electrons. The van der Waals surface area contributed by atoms with E-state index in [9.17, 15) is 9.59 Å². The van der Waals surface area contributed by atoms with Gasteiger partial charge in [-0.25, -0.2) is 4.79 Å². The van der Waals surface area contributed by atoms with Gasteiger partial charge in [0.2, 0.25) is 0 Å². The van der Waals surface area contributed by atoms with Crippen molar-refractivity contribution in [1.82, 2.24) is 10.6 Å². The highest BCUT2D eigenvalue weighted by Crippen LogP contribution is 2.09. The summed E-state index contributed by atoms with van der Waals surface area (Å²) in [5.41, 5.74) is 1.08. The van der Waals surface area contributed by atoms with E-state index in [4.69, 9.17) is 5.11 Å². The second-order valence-electron chi connectivity index (χ2n) is 4.89. The van der Waals surface area contributed by atoms with Crippen LogP contribution in [0.2, 0.25) is 0 Å². The van der Waals surface area contributed by atoms with Crippen molar-refractivity contribution in [2.45, 2.75) is 32.9 Å². The van der Waals surface area contributed by atoms with Gasteiger partial charge in [0, 0.05) is 23.8 Å². The molecule has 0 fully saturated rings. The summed E-state index contributed by atoms with van der Waals surface area (Å²) in [6.45, 7) is 5.54. The number of aliphatic hydroxyl groups excluding tert-OH is 1. The van der Waals surface area contributed by atoms with Gasteiger partial charge in [0.05, 0.1) is 6.10 Å². The second-order valence-corrected chi connectivity index (χ2v) is 4.89. The molecule has 4 N–H and O–H groups in total. The molecule has 0 saturated heterocycles. The Hall–Kier alpha value is -2.08. The van der Waals surface area contributed by atoms with E-state index in [1.54, 1.807) is 31.2 Å². The largest absolute Gasteiger partial charge is 0.392 e. The Labute approximate surface area is 118 Å². The van der Waals surface area contributed by atoms with Crippen LogP contribution in [0.4, 0.5) is 10.5 Å². The summed E-state index contributed by atoms with van der Waals surface area (Å²) in [5, 5.41) is 17.1. The summed E-state index contributed by atoms with van der Waals surface area (Å²) in [6, 6.07) is 6.30. The fourth-order valence-electron chi connectivity index (χ4n) is 1.48. The molecular formula is C14H21N3O3. The van der Waals surface area contributed by atoms with Gasteiger partial charge < -0.3 is 21.1 Å². The highest BCUT2D eigenvalue weighted by molar-refractivity contribution is 5.95. The van der Waals surface area contributed by atoms with E-state index in [1.807, 2.05) is 13.8 Å². The lowest BCUT2D eigenvalue weighted by molar-refractivity contribution is 0.0924. The number of carbonyl (C=O) groups excluding carboxylic acids is 2. The number of aliphatic hydroxyl groups is 1. The third kappa shape index (κ3) is 5.71. The van der Waals surface area contributed by atoms with Crippen molar-refractivity contribution in [3.63, 3.8) is 0 Å². The maximum Gasteiger partial charge on any atom is 0.319 e. The Bertz CT molecular complexity index is 455. The zero-order valence-corrected chi connectivity index (χ0v) is 11.9. The summed E-state index contributed by atoms with van der Waals surface area (Å²) >= 11 is 0. The molecule has 3 amide bonds. The van der Waals surface area contributed by atoms with E-state index in [0.29, 0.717) is 11.3 Å². The first-order valence-electron chi connectivity index (χ1n) is 6.52. The lowest BCUT2D eigenvalue weighted by Gasteiger charge is -2.11. The second kappa shape index (κ2) is 7.49. The van der Waals surface area contributed by atoms with Gasteiger partial charge in [-0.2, -0.15) is 0 Å². The molecule has 1 rings (SSSR count). The number of hydrogen-bond acceptors (Lipinski definition) is 3. The molecule has 0 heterocycles. The Kier molecular flexibility index (Phi) is 5.99. The molecule has 1 aromatic rings. The highest BCUT2D eigenvalue weighted by Gasteiger charge is 2.07. The summed E-state index contributed by atoms with van der Waals surface area (Å²) in [6.07, 6.45) is -0.584. The van der Waals surface area contributed by atoms with Crippen LogP contribution in [0.5, 0.6) is 0 Å². The van der Waals surface area contributed by atoms with Gasteiger partial charge in [-0.3, -0.25) is 4.79 Å². The van der Waals surface area contributed by atoms with Crippen molar-refractivity contribution >= 4 is 17.6 Å². The van der Waals surface area contributed by atoms with Crippen molar-refractivity contribution in [3.05, 3.63) is 29.8 Å². The van der Waals surface area contributed by atoms with Crippen LogP contribution in [-0.4, -0.2) is 35.7 Å². The Balaban J connectivity index is 2.55. The Morgan fingerprint density at radius 3 is 2.25 bits per heavy atom. The van der Waals surface area contributed by atoms with Crippen molar-refractivity contribution < 1.29 is 14.7 Å². The first-order valence-corrected chi connectivity index (χ1v) is 6.52. The van der Waals surface area contributed by atoms with Gasteiger partial charge in [-0.05, 0) is 45.0 Å². The zero-order valence-electron chi connectivity index (χ0n) is 11.9. The summed E-state index contributed by atoms with van der Waals surface area (Å²) in [7, 11) is 0. The average molecular weight is 279 g/mol. The number of urea groups is 1. The van der Waals surface area contributed by atoms with Crippen LogP contribution in [0.1, 0.15) is 31.1 Å². The molecule has 6 nitrogen and oxygen atoms in total. The number of carbonyl (C=O) groups is 2. The lowest BCUT2D eigenvalue weighted by atomic mass is 10.2. The zero-order chi connectivity index (χ0) is 15.1. The van der Waals surface area contributed by atoms with Crippen molar-refractivity contribution in [1.29, 1.82) is 0 Å². The number of benzene rings is 1. The van der Waals surface area contributed by atoms with Crippen LogP contribution >= 0.6 is 0 Å². The number of rotatable bonds is 5. The third-order valence-electron chi connectivity index (χ3n) is 2.38. The van der Waals surface area contributed by atoms with Crippen molar-refractivity contribution in [2.75, 3.05) is 11.9 Å². The molecule has 0 aliphatic heterocycles. The highest BCUT2D eigenvalue weighted by atomic mass is 16.3. The van der Waals surface area contributed by atoms with Gasteiger partial charge in [0.1, 0.15) is 0 Å². The maximum atomic E-state index is 11.7. The molecule has 1 atom stereocenters. The van der Waals surface area contributed by atoms with E-state index in [-0.39, 0.29) is 24.5 Å². The van der Waals surface area contributed by atoms with Crippen LogP contribution in [0.25, 0.3) is 0 Å². The molecule has 6 heteroatoms. The van der Waals surface area contributed by atoms with Gasteiger partial charge in [0.25, 0.3) is 5.91 Å². The van der Waals surface area contributed by atoms with E-state index >= 15 is 0 Å². The summed E-state index contributed by atoms with van der Waals surface area (Å²) in [5.74, 6) is -0.260. The molecule has 1 aromatic carbocycles. The monoisotopic (exact) mass is 279 g/mol. The fourth-order valence-corrected chi connectivity index (χ4v) is 1.48. The minimum Gasteiger partial charge on any atom is -0.392 e. The summed E-state index contributed by atoms with van der Waals surface area (Å²) in [4.78, 5) is 23.2. The molecular weight excluding hydrogens is 258 g/mol. The van der Waals surface area contributed by atoms with Gasteiger partial charge in [0.15, 0.2) is 0 Å². The predicted octanol–water partition coefficient (Wildman–Crippen LogP) is 1.33. The van der Waals surface area contributed by atoms with E-state index < -0.39 is 6.10 Å². The van der Waals surface area contributed by atoms with Crippen molar-refractivity contribution in [2.24, 2.45) is 0 Å². The minimum absolute atomic E-state index is 0.0560. The minimum atomic E-state index is -0.584. The quantitative estimate of drug-likeness (QED) is 0.655. The molecule has 0 radical (unpaired) electrons. The third-order valence-corrected chi connectivity index (χ3v) is 2.38. The average Bonchev–Trinajstić information content (AvgIpc) is 2.35. The molecule has 0 saturated carbocycles. The van der Waals surface area contributed by atoms with Gasteiger partial charge in [-0.15, -0.1) is 0 Å². The van der Waals surface area contributed by atoms with E-state index in [2.05, 4.69) is 16.0 Å². The van der Waals surface area contributed by atoms with Crippen LogP contribution in [0.15, 0.2) is 24.3 Å². The molecule has 0 aliphatic rings. The molecule has 0 aliphatic carbocycles. The SMILES string of the molecule is CC(O)CNC(=O)c1ccc(NC(=O)NC(C)C)cc1. The van der Waals surface area contributed by atoms with Crippen LogP contribution in [0.3, 0.4) is 0 Å².